The summed E-state index contributed by atoms with van der Waals surface area (Å²) < 4.78 is 0. The Labute approximate surface area is 118 Å². The number of halogens is 1. The summed E-state index contributed by atoms with van der Waals surface area (Å²) in [5.41, 5.74) is 1.62. The molecule has 2 amide bonds. The number of hydrogen-bond acceptors (Lipinski definition) is 2. The van der Waals surface area contributed by atoms with Crippen molar-refractivity contribution in [3.8, 4) is 0 Å². The predicted octanol–water partition coefficient (Wildman–Crippen LogP) is 2.88. The fraction of sp³-hybridized carbons (Fsp3) is 0.500. The monoisotopic (exact) mass is 282 g/mol. The predicted molar refractivity (Wildman–Crippen MR) is 76.6 cm³/mol. The number of carbonyl (C=O) groups is 1. The third-order valence-electron chi connectivity index (χ3n) is 3.34. The number of rotatable bonds is 4. The van der Waals surface area contributed by atoms with Crippen molar-refractivity contribution < 1.29 is 9.90 Å². The van der Waals surface area contributed by atoms with Gasteiger partial charge in [-0.2, -0.15) is 0 Å². The number of likely N-dealkylation sites (N-methyl/N-ethyl adjacent to an activating group) is 1. The number of aliphatic hydroxyl groups excluding tert-OH is 1. The summed E-state index contributed by atoms with van der Waals surface area (Å²) in [6.45, 7) is 2.28. The number of urea groups is 1. The molecule has 1 saturated carbocycles. The van der Waals surface area contributed by atoms with Crippen molar-refractivity contribution in [1.29, 1.82) is 0 Å². The van der Waals surface area contributed by atoms with E-state index >= 15 is 0 Å². The lowest BCUT2D eigenvalue weighted by Crippen LogP contribution is -2.38. The molecule has 1 fully saturated rings. The minimum atomic E-state index is -0.427. The second-order valence-electron chi connectivity index (χ2n) is 5.20. The smallest absolute Gasteiger partial charge is 0.321 e. The Balaban J connectivity index is 1.93. The first kappa shape index (κ1) is 14.2. The topological polar surface area (TPSA) is 52.6 Å². The third-order valence-corrected chi connectivity index (χ3v) is 3.67. The van der Waals surface area contributed by atoms with Crippen molar-refractivity contribution in [2.45, 2.75) is 25.9 Å². The molecule has 1 unspecified atom stereocenters. The number of anilines is 1. The van der Waals surface area contributed by atoms with Crippen LogP contribution >= 0.6 is 11.6 Å². The Morgan fingerprint density at radius 2 is 2.26 bits per heavy atom. The summed E-state index contributed by atoms with van der Waals surface area (Å²) in [6.07, 6.45) is 1.68. The average Bonchev–Trinajstić information content (AvgIpc) is 3.17. The van der Waals surface area contributed by atoms with E-state index in [-0.39, 0.29) is 6.03 Å². The maximum absolute atomic E-state index is 12.0. The van der Waals surface area contributed by atoms with Crippen LogP contribution < -0.4 is 5.32 Å². The van der Waals surface area contributed by atoms with Crippen LogP contribution in [0.1, 0.15) is 18.4 Å². The van der Waals surface area contributed by atoms with Gasteiger partial charge in [0.05, 0.1) is 16.8 Å². The van der Waals surface area contributed by atoms with E-state index in [1.807, 2.05) is 19.1 Å². The zero-order valence-electron chi connectivity index (χ0n) is 11.2. The fourth-order valence-electron chi connectivity index (χ4n) is 1.94. The minimum Gasteiger partial charge on any atom is -0.391 e. The number of nitrogens with zero attached hydrogens (tertiary/aromatic N) is 1. The number of aliphatic hydroxyl groups is 1. The summed E-state index contributed by atoms with van der Waals surface area (Å²) >= 11 is 6.03. The Kier molecular flexibility index (Phi) is 4.32. The molecular formula is C14H19ClN2O2. The van der Waals surface area contributed by atoms with E-state index in [4.69, 9.17) is 11.6 Å². The van der Waals surface area contributed by atoms with Crippen molar-refractivity contribution in [3.63, 3.8) is 0 Å². The van der Waals surface area contributed by atoms with Gasteiger partial charge in [0.25, 0.3) is 0 Å². The van der Waals surface area contributed by atoms with Gasteiger partial charge in [0.2, 0.25) is 0 Å². The van der Waals surface area contributed by atoms with Gasteiger partial charge in [-0.25, -0.2) is 4.79 Å². The fourth-order valence-corrected chi connectivity index (χ4v) is 2.10. The average molecular weight is 283 g/mol. The second kappa shape index (κ2) is 5.80. The summed E-state index contributed by atoms with van der Waals surface area (Å²) in [5.74, 6) is 0.359. The molecule has 1 atom stereocenters. The normalized spacial score (nSPS) is 16.0. The van der Waals surface area contributed by atoms with Crippen molar-refractivity contribution in [2.24, 2.45) is 5.92 Å². The van der Waals surface area contributed by atoms with Crippen LogP contribution in [0.5, 0.6) is 0 Å². The Hall–Kier alpha value is -1.26. The van der Waals surface area contributed by atoms with Gasteiger partial charge in [0, 0.05) is 13.6 Å². The zero-order chi connectivity index (χ0) is 14.0. The van der Waals surface area contributed by atoms with Crippen LogP contribution in [0.2, 0.25) is 5.02 Å². The largest absolute Gasteiger partial charge is 0.391 e. The molecule has 0 aromatic heterocycles. The lowest BCUT2D eigenvalue weighted by Gasteiger charge is -2.21. The Morgan fingerprint density at radius 3 is 2.89 bits per heavy atom. The van der Waals surface area contributed by atoms with Gasteiger partial charge >= 0.3 is 6.03 Å². The summed E-state index contributed by atoms with van der Waals surface area (Å²) in [6, 6.07) is 5.21. The number of benzene rings is 1. The number of aryl methyl sites for hydroxylation is 1. The molecule has 104 valence electrons. The molecule has 19 heavy (non-hydrogen) atoms. The number of hydrogen-bond donors (Lipinski definition) is 2. The highest BCUT2D eigenvalue weighted by atomic mass is 35.5. The van der Waals surface area contributed by atoms with E-state index in [9.17, 15) is 9.90 Å². The second-order valence-corrected chi connectivity index (χ2v) is 5.61. The highest BCUT2D eigenvalue weighted by Crippen LogP contribution is 2.32. The lowest BCUT2D eigenvalue weighted by molar-refractivity contribution is 0.117. The first-order valence-electron chi connectivity index (χ1n) is 6.43. The van der Waals surface area contributed by atoms with Gasteiger partial charge in [-0.05, 0) is 43.4 Å². The first-order valence-corrected chi connectivity index (χ1v) is 6.81. The summed E-state index contributed by atoms with van der Waals surface area (Å²) in [5, 5.41) is 13.1. The van der Waals surface area contributed by atoms with Crippen LogP contribution in [0.25, 0.3) is 0 Å². The van der Waals surface area contributed by atoms with E-state index in [0.717, 1.165) is 18.4 Å². The maximum atomic E-state index is 12.0. The SMILES string of the molecule is Cc1ccc(Cl)c(NC(=O)N(C)CC(O)C2CC2)c1. The molecular weight excluding hydrogens is 264 g/mol. The van der Waals surface area contributed by atoms with Gasteiger partial charge < -0.3 is 15.3 Å². The molecule has 2 rings (SSSR count). The maximum Gasteiger partial charge on any atom is 0.321 e. The molecule has 1 aromatic carbocycles. The highest BCUT2D eigenvalue weighted by Gasteiger charge is 2.31. The summed E-state index contributed by atoms with van der Waals surface area (Å²) in [4.78, 5) is 13.5. The van der Waals surface area contributed by atoms with Crippen molar-refractivity contribution in [1.82, 2.24) is 4.90 Å². The molecule has 0 bridgehead atoms. The van der Waals surface area contributed by atoms with Crippen molar-refractivity contribution >= 4 is 23.3 Å². The molecule has 1 aliphatic carbocycles. The molecule has 0 spiro atoms. The lowest BCUT2D eigenvalue weighted by atomic mass is 10.2. The quantitative estimate of drug-likeness (QED) is 0.892. The number of carbonyl (C=O) groups excluding carboxylic acids is 1. The van der Waals surface area contributed by atoms with Crippen molar-refractivity contribution in [2.75, 3.05) is 18.9 Å². The van der Waals surface area contributed by atoms with Gasteiger partial charge in [-0.15, -0.1) is 0 Å². The molecule has 0 heterocycles. The van der Waals surface area contributed by atoms with Gasteiger partial charge in [-0.1, -0.05) is 17.7 Å². The zero-order valence-corrected chi connectivity index (χ0v) is 11.9. The summed E-state index contributed by atoms with van der Waals surface area (Å²) in [7, 11) is 1.67. The molecule has 5 heteroatoms. The van der Waals surface area contributed by atoms with Crippen LogP contribution in [0, 0.1) is 12.8 Å². The van der Waals surface area contributed by atoms with E-state index in [0.29, 0.717) is 23.2 Å². The molecule has 4 nitrogen and oxygen atoms in total. The first-order chi connectivity index (χ1) is 8.97. The Bertz CT molecular complexity index is 475. The third kappa shape index (κ3) is 3.85. The molecule has 0 aliphatic heterocycles. The number of nitrogens with one attached hydrogen (secondary N) is 1. The minimum absolute atomic E-state index is 0.257. The van der Waals surface area contributed by atoms with E-state index in [2.05, 4.69) is 5.32 Å². The molecule has 1 aromatic rings. The van der Waals surface area contributed by atoms with Gasteiger partial charge in [0.1, 0.15) is 0 Å². The molecule has 1 aliphatic rings. The van der Waals surface area contributed by atoms with Gasteiger partial charge in [0.15, 0.2) is 0 Å². The van der Waals surface area contributed by atoms with Crippen LogP contribution in [0.4, 0.5) is 10.5 Å². The molecule has 2 N–H and O–H groups in total. The van der Waals surface area contributed by atoms with Crippen LogP contribution in [-0.4, -0.2) is 35.7 Å². The van der Waals surface area contributed by atoms with Crippen LogP contribution in [0.15, 0.2) is 18.2 Å². The van der Waals surface area contributed by atoms with E-state index < -0.39 is 6.10 Å². The van der Waals surface area contributed by atoms with E-state index in [1.165, 1.54) is 4.90 Å². The van der Waals surface area contributed by atoms with E-state index in [1.54, 1.807) is 13.1 Å². The Morgan fingerprint density at radius 1 is 1.58 bits per heavy atom. The van der Waals surface area contributed by atoms with Crippen LogP contribution in [0.3, 0.4) is 0 Å². The standard InChI is InChI=1S/C14H19ClN2O2/c1-9-3-6-11(15)12(7-9)16-14(19)17(2)8-13(18)10-4-5-10/h3,6-7,10,13,18H,4-5,8H2,1-2H3,(H,16,19). The van der Waals surface area contributed by atoms with Crippen LogP contribution in [-0.2, 0) is 0 Å². The molecule has 0 radical (unpaired) electrons. The number of amides is 2. The molecule has 0 saturated heterocycles. The highest BCUT2D eigenvalue weighted by molar-refractivity contribution is 6.33. The van der Waals surface area contributed by atoms with Crippen molar-refractivity contribution in [3.05, 3.63) is 28.8 Å². The van der Waals surface area contributed by atoms with Gasteiger partial charge in [-0.3, -0.25) is 0 Å².